The number of hydrogen-bond donors (Lipinski definition) is 3. The number of carboxylic acids is 1. The minimum atomic E-state index is -0.952. The lowest BCUT2D eigenvalue weighted by Gasteiger charge is -2.30. The van der Waals surface area contributed by atoms with Crippen LogP contribution in [-0.2, 0) is 4.79 Å². The fraction of sp³-hybridized carbons (Fsp3) is 0.636. The number of nitrogens with one attached hydrogen (secondary N) is 2. The molecule has 19 heavy (non-hydrogen) atoms. The number of nitrogens with zero attached hydrogens (tertiary/aromatic N) is 2. The summed E-state index contributed by atoms with van der Waals surface area (Å²) >= 11 is 1.08. The number of aryl methyl sites for hydroxylation is 1. The summed E-state index contributed by atoms with van der Waals surface area (Å²) in [6.07, 6.45) is -0.133. The summed E-state index contributed by atoms with van der Waals surface area (Å²) in [6.45, 7) is 7.34. The van der Waals surface area contributed by atoms with Gasteiger partial charge in [0.15, 0.2) is 0 Å². The van der Waals surface area contributed by atoms with Gasteiger partial charge in [0, 0.05) is 17.6 Å². The molecule has 0 spiro atoms. The molecule has 1 heterocycles. The van der Waals surface area contributed by atoms with Gasteiger partial charge in [0.25, 0.3) is 0 Å². The normalized spacial score (nSPS) is 12.8. The van der Waals surface area contributed by atoms with E-state index < -0.39 is 18.0 Å². The van der Waals surface area contributed by atoms with Crippen LogP contribution in [0.4, 0.5) is 9.93 Å². The van der Waals surface area contributed by atoms with Gasteiger partial charge in [0.05, 0.1) is 6.42 Å². The standard InChI is InChI=1S/C11H18N4O3S/c1-6-12-10(19-15-6)14-9(18)13-7(5-8(16)17)11(2,3)4/h7H,5H2,1-4H3,(H,16,17)(H2,12,13,14,15,18). The highest BCUT2D eigenvalue weighted by molar-refractivity contribution is 7.09. The zero-order chi connectivity index (χ0) is 14.6. The Morgan fingerprint density at radius 3 is 2.47 bits per heavy atom. The highest BCUT2D eigenvalue weighted by atomic mass is 32.1. The third kappa shape index (κ3) is 5.21. The van der Waals surface area contributed by atoms with Crippen molar-refractivity contribution in [2.45, 2.75) is 40.2 Å². The topological polar surface area (TPSA) is 104 Å². The molecule has 2 amide bonds. The van der Waals surface area contributed by atoms with Gasteiger partial charge in [-0.3, -0.25) is 10.1 Å². The van der Waals surface area contributed by atoms with E-state index >= 15 is 0 Å². The first-order chi connectivity index (χ1) is 8.68. The fourth-order valence-electron chi connectivity index (χ4n) is 1.39. The van der Waals surface area contributed by atoms with Crippen molar-refractivity contribution >= 4 is 28.7 Å². The van der Waals surface area contributed by atoms with Gasteiger partial charge in [-0.1, -0.05) is 20.8 Å². The minimum Gasteiger partial charge on any atom is -0.481 e. The van der Waals surface area contributed by atoms with Gasteiger partial charge < -0.3 is 10.4 Å². The molecule has 106 valence electrons. The molecule has 7 nitrogen and oxygen atoms in total. The third-order valence-corrected chi connectivity index (χ3v) is 3.20. The van der Waals surface area contributed by atoms with Gasteiger partial charge in [-0.05, 0) is 12.3 Å². The number of carboxylic acid groups (broad SMARTS) is 1. The Hall–Kier alpha value is -1.70. The van der Waals surface area contributed by atoms with E-state index in [2.05, 4.69) is 20.0 Å². The van der Waals surface area contributed by atoms with Gasteiger partial charge in [0.2, 0.25) is 5.13 Å². The van der Waals surface area contributed by atoms with Crippen LogP contribution in [0.3, 0.4) is 0 Å². The fourth-order valence-corrected chi connectivity index (χ4v) is 1.96. The number of urea groups is 1. The average molecular weight is 286 g/mol. The molecular weight excluding hydrogens is 268 g/mol. The van der Waals surface area contributed by atoms with E-state index in [1.807, 2.05) is 20.8 Å². The van der Waals surface area contributed by atoms with E-state index in [1.165, 1.54) is 0 Å². The molecule has 0 fully saturated rings. The maximum Gasteiger partial charge on any atom is 0.321 e. The van der Waals surface area contributed by atoms with Crippen molar-refractivity contribution in [1.29, 1.82) is 0 Å². The largest absolute Gasteiger partial charge is 0.481 e. The van der Waals surface area contributed by atoms with Crippen LogP contribution < -0.4 is 10.6 Å². The van der Waals surface area contributed by atoms with E-state index in [0.717, 1.165) is 11.5 Å². The van der Waals surface area contributed by atoms with Crippen LogP contribution in [-0.4, -0.2) is 32.5 Å². The maximum absolute atomic E-state index is 11.8. The number of rotatable bonds is 4. The first-order valence-corrected chi connectivity index (χ1v) is 6.55. The summed E-state index contributed by atoms with van der Waals surface area (Å²) in [5.74, 6) is -0.370. The van der Waals surface area contributed by atoms with Gasteiger partial charge in [0.1, 0.15) is 5.82 Å². The molecule has 0 aromatic carbocycles. The Labute approximate surface area is 115 Å². The van der Waals surface area contributed by atoms with Crippen LogP contribution in [0.1, 0.15) is 33.0 Å². The lowest BCUT2D eigenvalue weighted by molar-refractivity contribution is -0.138. The van der Waals surface area contributed by atoms with E-state index in [4.69, 9.17) is 5.11 Å². The van der Waals surface area contributed by atoms with E-state index in [9.17, 15) is 9.59 Å². The number of carbonyl (C=O) groups excluding carboxylic acids is 1. The summed E-state index contributed by atoms with van der Waals surface area (Å²) in [4.78, 5) is 26.6. The number of aliphatic carboxylic acids is 1. The summed E-state index contributed by atoms with van der Waals surface area (Å²) in [5, 5.41) is 14.4. The number of aromatic nitrogens is 2. The first kappa shape index (κ1) is 15.4. The van der Waals surface area contributed by atoms with Crippen molar-refractivity contribution in [3.8, 4) is 0 Å². The molecule has 1 atom stereocenters. The zero-order valence-corrected chi connectivity index (χ0v) is 12.2. The van der Waals surface area contributed by atoms with Crippen molar-refractivity contribution in [2.75, 3.05) is 5.32 Å². The number of carbonyl (C=O) groups is 2. The summed E-state index contributed by atoms with van der Waals surface area (Å²) in [7, 11) is 0. The molecule has 1 unspecified atom stereocenters. The third-order valence-electron chi connectivity index (χ3n) is 2.48. The molecule has 0 bridgehead atoms. The maximum atomic E-state index is 11.8. The van der Waals surface area contributed by atoms with Crippen molar-refractivity contribution in [3.05, 3.63) is 5.82 Å². The molecule has 1 aromatic heterocycles. The molecule has 0 aliphatic carbocycles. The molecule has 1 aromatic rings. The molecule has 8 heteroatoms. The van der Waals surface area contributed by atoms with E-state index in [1.54, 1.807) is 6.92 Å². The smallest absolute Gasteiger partial charge is 0.321 e. The summed E-state index contributed by atoms with van der Waals surface area (Å²) in [5.41, 5.74) is -0.354. The second-order valence-electron chi connectivity index (χ2n) is 5.26. The second-order valence-corrected chi connectivity index (χ2v) is 6.01. The van der Waals surface area contributed by atoms with Crippen molar-refractivity contribution in [3.63, 3.8) is 0 Å². The van der Waals surface area contributed by atoms with Gasteiger partial charge in [-0.15, -0.1) is 0 Å². The predicted octanol–water partition coefficient (Wildman–Crippen LogP) is 1.86. The molecular formula is C11H18N4O3S. The van der Waals surface area contributed by atoms with Crippen LogP contribution in [0, 0.1) is 12.3 Å². The van der Waals surface area contributed by atoms with Crippen LogP contribution in [0.2, 0.25) is 0 Å². The average Bonchev–Trinajstić information content (AvgIpc) is 2.60. The lowest BCUT2D eigenvalue weighted by Crippen LogP contribution is -2.46. The Kier molecular flexibility index (Phi) is 4.82. The Morgan fingerprint density at radius 1 is 1.42 bits per heavy atom. The molecule has 0 saturated carbocycles. The highest BCUT2D eigenvalue weighted by Gasteiger charge is 2.28. The summed E-state index contributed by atoms with van der Waals surface area (Å²) < 4.78 is 3.94. The summed E-state index contributed by atoms with van der Waals surface area (Å²) in [6, 6.07) is -0.948. The van der Waals surface area contributed by atoms with E-state index in [0.29, 0.717) is 11.0 Å². The Morgan fingerprint density at radius 2 is 2.05 bits per heavy atom. The van der Waals surface area contributed by atoms with Crippen LogP contribution in [0.25, 0.3) is 0 Å². The molecule has 1 rings (SSSR count). The number of anilines is 1. The molecule has 0 aliphatic heterocycles. The number of hydrogen-bond acceptors (Lipinski definition) is 5. The van der Waals surface area contributed by atoms with Gasteiger partial charge >= 0.3 is 12.0 Å². The quantitative estimate of drug-likeness (QED) is 0.783. The Balaban J connectivity index is 2.63. The van der Waals surface area contributed by atoms with E-state index in [-0.39, 0.29) is 11.8 Å². The van der Waals surface area contributed by atoms with Gasteiger partial charge in [-0.2, -0.15) is 4.37 Å². The zero-order valence-electron chi connectivity index (χ0n) is 11.4. The predicted molar refractivity (Wildman–Crippen MR) is 72.3 cm³/mol. The molecule has 0 aliphatic rings. The lowest BCUT2D eigenvalue weighted by atomic mass is 9.85. The molecule has 0 saturated heterocycles. The van der Waals surface area contributed by atoms with Crippen LogP contribution in [0.5, 0.6) is 0 Å². The second kappa shape index (κ2) is 5.96. The molecule has 0 radical (unpaired) electrons. The molecule has 3 N–H and O–H groups in total. The van der Waals surface area contributed by atoms with Gasteiger partial charge in [-0.25, -0.2) is 9.78 Å². The van der Waals surface area contributed by atoms with Crippen LogP contribution >= 0.6 is 11.5 Å². The highest BCUT2D eigenvalue weighted by Crippen LogP contribution is 2.22. The minimum absolute atomic E-state index is 0.133. The monoisotopic (exact) mass is 286 g/mol. The van der Waals surface area contributed by atoms with Crippen molar-refractivity contribution in [2.24, 2.45) is 5.41 Å². The first-order valence-electron chi connectivity index (χ1n) is 5.78. The van der Waals surface area contributed by atoms with Crippen molar-refractivity contribution in [1.82, 2.24) is 14.7 Å². The van der Waals surface area contributed by atoms with Crippen LogP contribution in [0.15, 0.2) is 0 Å². The SMILES string of the molecule is Cc1nsc(NC(=O)NC(CC(=O)O)C(C)(C)C)n1. The Bertz CT molecular complexity index is 467. The van der Waals surface area contributed by atoms with Crippen molar-refractivity contribution < 1.29 is 14.7 Å². The number of amides is 2.